The Bertz CT molecular complexity index is 4430. The maximum Gasteiger partial charge on any atom is 0.317 e. The minimum atomic E-state index is -1.74. The predicted octanol–water partition coefficient (Wildman–Crippen LogP) is -3.82. The number of primary amides is 1. The molecule has 0 unspecified atom stereocenters. The number of hydrogen-bond acceptors (Lipinski definition) is 22. The molecule has 8 rings (SSSR count). The first-order chi connectivity index (χ1) is 59.2. The molecule has 3 fully saturated rings. The lowest BCUT2D eigenvalue weighted by Crippen LogP contribution is -2.61. The summed E-state index contributed by atoms with van der Waals surface area (Å²) < 4.78 is 0. The molecule has 13 amide bonds. The second-order valence-corrected chi connectivity index (χ2v) is 31.7. The number of ketones is 1. The van der Waals surface area contributed by atoms with Gasteiger partial charge in [-0.05, 0) is 138 Å². The number of carboxylic acid groups (broad SMARTS) is 3. The van der Waals surface area contributed by atoms with Gasteiger partial charge in [0.05, 0.1) is 32.3 Å². The second-order valence-electron chi connectivity index (χ2n) is 31.7. The summed E-state index contributed by atoms with van der Waals surface area (Å²) >= 11 is 0. The van der Waals surface area contributed by atoms with Crippen molar-refractivity contribution in [2.45, 2.75) is 228 Å². The van der Waals surface area contributed by atoms with Crippen molar-refractivity contribution in [2.75, 3.05) is 52.4 Å². The van der Waals surface area contributed by atoms with Crippen LogP contribution in [0.15, 0.2) is 67.7 Å². The summed E-state index contributed by atoms with van der Waals surface area (Å²) in [4.78, 5) is 259. The number of carbonyl (C=O) groups excluding carboxylic acids is 14. The molecule has 4 aliphatic rings. The average Bonchev–Trinajstić information content (AvgIpc) is 1.65. The normalized spacial score (nSPS) is 21.1. The van der Waals surface area contributed by atoms with Gasteiger partial charge in [-0.1, -0.05) is 50.3 Å². The number of guanidine groups is 1. The SMILES string of the molecule is CC(=O)N[C@H]1CCC(=O)CNCCC[C@@H](C(=O)N2CCC[C@H]2C(=O)N2CCC[C@H]2C(=O)N[C@@H](Cc2cnc[nH]2)C(=O)N[C@@H](CCC(=O)O)C(=O)N[C@@H](CCCCN(CC(=O)O)CC(=O)O)C(=O)N[C@H](C(N)=O)C(C)C)NC(=O)[C@H](Cc2c[nH]c3c2CCC=C3)NC(=O)[C@H](CCCNC(=N)N)NC(=O)[C@@H](Cc2ccccc2)NC(=O)[C@H](Cc2cnc[nH]2)NC1=O. The number of nitrogens with one attached hydrogen (secondary N) is 16. The Morgan fingerprint density at radius 2 is 1.22 bits per heavy atom. The molecule has 1 aliphatic carbocycles. The lowest BCUT2D eigenvalue weighted by molar-refractivity contribution is -0.148. The fraction of sp³-hybridized carbons (Fsp3) is 0.556. The van der Waals surface area contributed by atoms with Crippen LogP contribution in [0.5, 0.6) is 0 Å². The molecule has 0 spiro atoms. The van der Waals surface area contributed by atoms with Crippen molar-refractivity contribution in [3.8, 4) is 0 Å². The van der Waals surface area contributed by atoms with E-state index in [9.17, 15) is 72.9 Å². The highest BCUT2D eigenvalue weighted by atomic mass is 16.4. The number of imidazole rings is 2. The number of rotatable bonds is 37. The van der Waals surface area contributed by atoms with Crippen LogP contribution in [0.2, 0.25) is 0 Å². The number of likely N-dealkylation sites (tertiary alicyclic amines) is 2. The molecular weight excluding hydrogens is 1620 g/mol. The number of carbonyl (C=O) groups is 17. The van der Waals surface area contributed by atoms with Crippen LogP contribution in [0.3, 0.4) is 0 Å². The number of unbranched alkanes of at least 4 members (excludes halogenated alkanes) is 1. The number of benzene rings is 1. The van der Waals surface area contributed by atoms with Crippen LogP contribution >= 0.6 is 0 Å². The van der Waals surface area contributed by atoms with Crippen molar-refractivity contribution in [2.24, 2.45) is 17.4 Å². The Morgan fingerprint density at radius 3 is 1.85 bits per heavy atom. The van der Waals surface area contributed by atoms with E-state index in [1.54, 1.807) is 50.4 Å². The van der Waals surface area contributed by atoms with E-state index in [4.69, 9.17) is 16.9 Å². The van der Waals surface area contributed by atoms with Crippen molar-refractivity contribution < 1.29 is 96.8 Å². The highest BCUT2D eigenvalue weighted by Crippen LogP contribution is 2.28. The lowest BCUT2D eigenvalue weighted by atomic mass is 9.95. The minimum absolute atomic E-state index is 0.0187. The fourth-order valence-electron chi connectivity index (χ4n) is 15.4. The summed E-state index contributed by atoms with van der Waals surface area (Å²) in [5, 5.41) is 69.1. The van der Waals surface area contributed by atoms with Crippen LogP contribution in [0.25, 0.3) is 6.08 Å². The zero-order chi connectivity index (χ0) is 90.1. The van der Waals surface area contributed by atoms with Gasteiger partial charge in [0, 0.05) is 101 Å². The molecule has 674 valence electrons. The van der Waals surface area contributed by atoms with Crippen LogP contribution < -0.4 is 75.3 Å². The molecule has 0 saturated carbocycles. The van der Waals surface area contributed by atoms with Crippen molar-refractivity contribution in [3.05, 3.63) is 101 Å². The quantitative estimate of drug-likeness (QED) is 0.0117. The molecule has 0 radical (unpaired) electrons. The van der Waals surface area contributed by atoms with Crippen LogP contribution in [0.4, 0.5) is 0 Å². The number of aromatic nitrogens is 5. The molecule has 1 aromatic carbocycles. The molecule has 4 aromatic rings. The summed E-state index contributed by atoms with van der Waals surface area (Å²) in [6.07, 6.45) is 9.89. The third kappa shape index (κ3) is 30.3. The van der Waals surface area contributed by atoms with Gasteiger partial charge in [0.2, 0.25) is 76.8 Å². The first kappa shape index (κ1) is 96.5. The van der Waals surface area contributed by atoms with Gasteiger partial charge in [-0.25, -0.2) is 9.97 Å². The predicted molar refractivity (Wildman–Crippen MR) is 443 cm³/mol. The largest absolute Gasteiger partial charge is 0.481 e. The van der Waals surface area contributed by atoms with Crippen molar-refractivity contribution in [1.82, 2.24) is 103 Å². The minimum Gasteiger partial charge on any atom is -0.481 e. The molecule has 43 heteroatoms. The summed E-state index contributed by atoms with van der Waals surface area (Å²) in [6, 6.07) is -8.84. The summed E-state index contributed by atoms with van der Waals surface area (Å²) in [7, 11) is 0. The van der Waals surface area contributed by atoms with Gasteiger partial charge in [-0.3, -0.25) is 91.8 Å². The van der Waals surface area contributed by atoms with Gasteiger partial charge in [0.1, 0.15) is 78.3 Å². The zero-order valence-electron chi connectivity index (χ0n) is 69.6. The molecule has 3 aromatic heterocycles. The third-order valence-corrected chi connectivity index (χ3v) is 21.7. The molecule has 6 heterocycles. The highest BCUT2D eigenvalue weighted by Gasteiger charge is 2.46. The standard InChI is InChI=1S/C81H115N23O20/c1-45(2)68(69(82)113)101-73(117)54(19-9-10-30-102(41-66(109)110)42-67(111)112)93-72(116)57(26-27-65(107)108)95-76(120)62(36-50-39-87-44-91-50)100-78(122)63-22-13-31-103(63)80(124)64-23-14-32-104(64)79(123)58-21-11-28-85-40-51(106)24-25-56(92-46(3)105)71(115)99-61(35-49-38-86-43-90-49)77(121)97-59(33-47-15-5-4-6-16-47)74(118)94-55(20-12-29-88-81(83)84)70(114)98-60(75(119)96-58)34-48-37-89-53-18-8-7-17-52(48)53/h4-6,8,15-16,18,37-39,43-45,54-64,68,85,89H,7,9-14,17,19-36,40-42H2,1-3H3,(H2,82,113)(H,86,90)(H,87,91)(H,92,105)(H,93,116)(H,94,118)(H,95,120)(H,96,119)(H,97,121)(H,98,114)(H,99,115)(H,100,122)(H,101,117)(H,107,108)(H,109,110)(H,111,112)(H4,83,84,88)/t54-,55-,56-,57-,58-,59+,60-,61-,62-,63-,64-,68-/m0/s1. The zero-order valence-corrected chi connectivity index (χ0v) is 69.6. The fourth-order valence-corrected chi connectivity index (χ4v) is 15.4. The van der Waals surface area contributed by atoms with E-state index >= 15 is 24.0 Å². The third-order valence-electron chi connectivity index (χ3n) is 21.7. The van der Waals surface area contributed by atoms with Crippen molar-refractivity contribution >= 4 is 113 Å². The molecular formula is C81H115N23O20. The van der Waals surface area contributed by atoms with Crippen molar-refractivity contribution in [3.63, 3.8) is 0 Å². The van der Waals surface area contributed by atoms with Gasteiger partial charge < -0.3 is 115 Å². The molecule has 3 saturated heterocycles. The summed E-state index contributed by atoms with van der Waals surface area (Å²) in [6.45, 7) is 2.77. The highest BCUT2D eigenvalue weighted by molar-refractivity contribution is 6.01. The number of aromatic amines is 3. The number of H-pyrrole nitrogens is 3. The van der Waals surface area contributed by atoms with Crippen LogP contribution in [-0.4, -0.2) is 286 Å². The van der Waals surface area contributed by atoms with Crippen molar-refractivity contribution in [1.29, 1.82) is 5.41 Å². The molecule has 3 aliphatic heterocycles. The Balaban J connectivity index is 1.07. The Kier molecular flexibility index (Phi) is 37.4. The number of allylic oxidation sites excluding steroid dienone is 1. The van der Waals surface area contributed by atoms with Gasteiger partial charge in [-0.15, -0.1) is 0 Å². The van der Waals surface area contributed by atoms with Gasteiger partial charge in [0.25, 0.3) is 0 Å². The second kappa shape index (κ2) is 48.0. The topological polar surface area (TPSA) is 654 Å². The van der Waals surface area contributed by atoms with E-state index in [1.807, 2.05) is 12.2 Å². The van der Waals surface area contributed by atoms with E-state index in [0.717, 1.165) is 16.2 Å². The summed E-state index contributed by atoms with van der Waals surface area (Å²) in [5.41, 5.74) is 14.7. The molecule has 12 atom stereocenters. The van der Waals surface area contributed by atoms with Crippen LogP contribution in [-0.2, 0) is 114 Å². The number of hydrogen-bond donors (Lipinski definition) is 21. The van der Waals surface area contributed by atoms with E-state index in [2.05, 4.69) is 88.7 Å². The smallest absolute Gasteiger partial charge is 0.317 e. The number of amides is 13. The van der Waals surface area contributed by atoms with Crippen LogP contribution in [0.1, 0.15) is 157 Å². The first-order valence-electron chi connectivity index (χ1n) is 41.6. The molecule has 23 N–H and O–H groups in total. The monoisotopic (exact) mass is 1730 g/mol. The number of carboxylic acids is 3. The molecule has 124 heavy (non-hydrogen) atoms. The maximum atomic E-state index is 15.7. The molecule has 43 nitrogen and oxygen atoms in total. The number of fused-ring (bicyclic) bond motifs is 1. The van der Waals surface area contributed by atoms with E-state index in [-0.39, 0.29) is 160 Å². The lowest BCUT2D eigenvalue weighted by Gasteiger charge is -2.34. The van der Waals surface area contributed by atoms with Crippen LogP contribution in [0, 0.1) is 11.3 Å². The number of aliphatic carboxylic acids is 3. The Labute approximate surface area is 714 Å². The van der Waals surface area contributed by atoms with Gasteiger partial charge in [0.15, 0.2) is 5.96 Å². The van der Waals surface area contributed by atoms with E-state index < -0.39 is 205 Å². The first-order valence-corrected chi connectivity index (χ1v) is 41.6. The van der Waals surface area contributed by atoms with E-state index in [1.165, 1.54) is 41.8 Å². The van der Waals surface area contributed by atoms with Gasteiger partial charge >= 0.3 is 17.9 Å². The maximum absolute atomic E-state index is 15.7. The van der Waals surface area contributed by atoms with Gasteiger partial charge in [-0.2, -0.15) is 0 Å². The number of nitrogens with zero attached hydrogens (tertiary/aromatic N) is 5. The average molecular weight is 1730 g/mol. The molecule has 0 bridgehead atoms. The Hall–Kier alpha value is -13.0. The van der Waals surface area contributed by atoms with E-state index in [0.29, 0.717) is 29.7 Å². The number of Topliss-reactive ketones (excluding diaryl/α,β-unsaturated/α-hetero) is 1. The summed E-state index contributed by atoms with van der Waals surface area (Å²) in [5.74, 6) is -16.6. The Morgan fingerprint density at radius 1 is 0.621 bits per heavy atom. The number of nitrogens with two attached hydrogens (primary N) is 2.